The van der Waals surface area contributed by atoms with E-state index in [1.54, 1.807) is 55.5 Å². The second-order valence-corrected chi connectivity index (χ2v) is 8.63. The third kappa shape index (κ3) is 5.01. The SMILES string of the molecule is CCOc1cc(/C(O)=C2\C(=O)C(=O)N(c3ccc(CC(=O)O)cc3)C2c2ccccc2OC)ccc1Cl. The van der Waals surface area contributed by atoms with E-state index in [1.165, 1.54) is 30.2 Å². The Kier molecular flexibility index (Phi) is 7.50. The molecule has 0 spiro atoms. The van der Waals surface area contributed by atoms with Crippen molar-refractivity contribution in [3.63, 3.8) is 0 Å². The number of methoxy groups -OCH3 is 1. The average molecular weight is 522 g/mol. The molecule has 1 saturated heterocycles. The van der Waals surface area contributed by atoms with Crippen LogP contribution >= 0.6 is 11.6 Å². The van der Waals surface area contributed by atoms with Gasteiger partial charge in [0.15, 0.2) is 0 Å². The highest BCUT2D eigenvalue weighted by atomic mass is 35.5. The van der Waals surface area contributed by atoms with Gasteiger partial charge in [-0.1, -0.05) is 41.9 Å². The van der Waals surface area contributed by atoms with Crippen molar-refractivity contribution in [1.82, 2.24) is 0 Å². The van der Waals surface area contributed by atoms with Crippen molar-refractivity contribution >= 4 is 40.7 Å². The molecule has 0 bridgehead atoms. The van der Waals surface area contributed by atoms with Crippen LogP contribution in [0.25, 0.3) is 5.76 Å². The second kappa shape index (κ2) is 10.8. The number of carboxylic acid groups (broad SMARTS) is 1. The van der Waals surface area contributed by atoms with Crippen LogP contribution in [0.2, 0.25) is 5.02 Å². The summed E-state index contributed by atoms with van der Waals surface area (Å²) in [6, 6.07) is 16.8. The zero-order chi connectivity index (χ0) is 26.7. The van der Waals surface area contributed by atoms with Gasteiger partial charge in [0.1, 0.15) is 17.3 Å². The number of hydrogen-bond acceptors (Lipinski definition) is 6. The van der Waals surface area contributed by atoms with Crippen LogP contribution in [-0.4, -0.2) is 41.6 Å². The second-order valence-electron chi connectivity index (χ2n) is 8.23. The first kappa shape index (κ1) is 25.8. The number of amides is 1. The van der Waals surface area contributed by atoms with E-state index >= 15 is 0 Å². The van der Waals surface area contributed by atoms with Crippen LogP contribution in [-0.2, 0) is 20.8 Å². The summed E-state index contributed by atoms with van der Waals surface area (Å²) in [6.07, 6.45) is -0.187. The van der Waals surface area contributed by atoms with Gasteiger partial charge in [-0.05, 0) is 48.9 Å². The minimum absolute atomic E-state index is 0.131. The molecule has 1 unspecified atom stereocenters. The Balaban J connectivity index is 1.91. The minimum Gasteiger partial charge on any atom is -0.507 e. The molecule has 2 N–H and O–H groups in total. The number of carbonyl (C=O) groups excluding carboxylic acids is 2. The molecular weight excluding hydrogens is 498 g/mol. The molecule has 0 aromatic heterocycles. The fraction of sp³-hybridized carbons (Fsp3) is 0.179. The van der Waals surface area contributed by atoms with Gasteiger partial charge < -0.3 is 19.7 Å². The molecule has 1 aliphatic heterocycles. The largest absolute Gasteiger partial charge is 0.507 e. The summed E-state index contributed by atoms with van der Waals surface area (Å²) in [5.41, 5.74) is 1.50. The lowest BCUT2D eigenvalue weighted by Crippen LogP contribution is -2.29. The highest BCUT2D eigenvalue weighted by Crippen LogP contribution is 2.45. The Bertz CT molecular complexity index is 1400. The van der Waals surface area contributed by atoms with E-state index in [-0.39, 0.29) is 17.6 Å². The third-order valence-electron chi connectivity index (χ3n) is 5.95. The predicted molar refractivity (Wildman–Crippen MR) is 138 cm³/mol. The first-order valence-corrected chi connectivity index (χ1v) is 11.8. The monoisotopic (exact) mass is 521 g/mol. The molecule has 0 radical (unpaired) electrons. The number of carbonyl (C=O) groups is 3. The molecule has 0 aliphatic carbocycles. The Morgan fingerprint density at radius 3 is 2.35 bits per heavy atom. The van der Waals surface area contributed by atoms with Gasteiger partial charge in [0.05, 0.1) is 36.8 Å². The number of benzene rings is 3. The standard InChI is InChI=1S/C28H24ClNO7/c1-3-37-22-15-17(10-13-20(22)29)26(33)24-25(19-6-4-5-7-21(19)36-2)30(28(35)27(24)34)18-11-8-16(9-12-18)14-23(31)32/h4-13,15,25,33H,3,14H2,1-2H3,(H,31,32)/b26-24+. The normalized spacial score (nSPS) is 16.6. The average Bonchev–Trinajstić information content (AvgIpc) is 3.15. The van der Waals surface area contributed by atoms with Gasteiger partial charge in [0.25, 0.3) is 11.7 Å². The van der Waals surface area contributed by atoms with Gasteiger partial charge in [0, 0.05) is 16.8 Å². The van der Waals surface area contributed by atoms with Crippen LogP contribution < -0.4 is 14.4 Å². The van der Waals surface area contributed by atoms with Gasteiger partial charge in [-0.25, -0.2) is 0 Å². The third-order valence-corrected chi connectivity index (χ3v) is 6.26. The fourth-order valence-electron chi connectivity index (χ4n) is 4.31. The molecule has 3 aromatic rings. The highest BCUT2D eigenvalue weighted by Gasteiger charge is 2.48. The van der Waals surface area contributed by atoms with Crippen molar-refractivity contribution in [2.45, 2.75) is 19.4 Å². The van der Waals surface area contributed by atoms with E-state index in [2.05, 4.69) is 0 Å². The maximum Gasteiger partial charge on any atom is 0.307 e. The summed E-state index contributed by atoms with van der Waals surface area (Å²) in [6.45, 7) is 2.13. The van der Waals surface area contributed by atoms with Crippen molar-refractivity contribution in [3.05, 3.63) is 94.0 Å². The van der Waals surface area contributed by atoms with E-state index in [9.17, 15) is 19.5 Å². The molecule has 1 aliphatic rings. The number of ether oxygens (including phenoxy) is 2. The lowest BCUT2D eigenvalue weighted by atomic mass is 9.94. The number of rotatable bonds is 8. The molecule has 8 nitrogen and oxygen atoms in total. The molecule has 0 saturated carbocycles. The number of nitrogens with zero attached hydrogens (tertiary/aromatic N) is 1. The van der Waals surface area contributed by atoms with E-state index in [0.717, 1.165) is 0 Å². The van der Waals surface area contributed by atoms with Gasteiger partial charge in [-0.3, -0.25) is 19.3 Å². The van der Waals surface area contributed by atoms with E-state index < -0.39 is 29.5 Å². The highest BCUT2D eigenvalue weighted by molar-refractivity contribution is 6.51. The fourth-order valence-corrected chi connectivity index (χ4v) is 4.48. The summed E-state index contributed by atoms with van der Waals surface area (Å²) in [7, 11) is 1.47. The Hall–Kier alpha value is -4.30. The number of Topliss-reactive ketones (excluding diaryl/α,β-unsaturated/α-hetero) is 1. The number of aliphatic carboxylic acids is 1. The summed E-state index contributed by atoms with van der Waals surface area (Å²) >= 11 is 6.20. The molecule has 9 heteroatoms. The number of halogens is 1. The topological polar surface area (TPSA) is 113 Å². The lowest BCUT2D eigenvalue weighted by molar-refractivity contribution is -0.136. The Labute approximate surface area is 218 Å². The molecule has 4 rings (SSSR count). The van der Waals surface area contributed by atoms with Crippen LogP contribution in [0.4, 0.5) is 5.69 Å². The van der Waals surface area contributed by atoms with E-state index in [0.29, 0.717) is 39.9 Å². The van der Waals surface area contributed by atoms with Crippen LogP contribution in [0.1, 0.15) is 29.7 Å². The molecule has 3 aromatic carbocycles. The van der Waals surface area contributed by atoms with Gasteiger partial charge in [-0.15, -0.1) is 0 Å². The number of hydrogen-bond donors (Lipinski definition) is 2. The first-order valence-electron chi connectivity index (χ1n) is 11.4. The van der Waals surface area contributed by atoms with E-state index in [4.69, 9.17) is 26.2 Å². The lowest BCUT2D eigenvalue weighted by Gasteiger charge is -2.26. The van der Waals surface area contributed by atoms with Gasteiger partial charge in [0.2, 0.25) is 0 Å². The Morgan fingerprint density at radius 1 is 1.00 bits per heavy atom. The molecular formula is C28H24ClNO7. The van der Waals surface area contributed by atoms with Crippen LogP contribution in [0.3, 0.4) is 0 Å². The summed E-state index contributed by atoms with van der Waals surface area (Å²) in [4.78, 5) is 39.1. The van der Waals surface area contributed by atoms with Crippen LogP contribution in [0, 0.1) is 0 Å². The summed E-state index contributed by atoms with van der Waals surface area (Å²) < 4.78 is 11.0. The van der Waals surface area contributed by atoms with Gasteiger partial charge in [-0.2, -0.15) is 0 Å². The zero-order valence-corrected chi connectivity index (χ0v) is 20.9. The molecule has 190 valence electrons. The van der Waals surface area contributed by atoms with Crippen LogP contribution in [0.15, 0.2) is 72.3 Å². The van der Waals surface area contributed by atoms with Crippen molar-refractivity contribution in [2.75, 3.05) is 18.6 Å². The maximum atomic E-state index is 13.4. The van der Waals surface area contributed by atoms with E-state index in [1.807, 2.05) is 0 Å². The maximum absolute atomic E-state index is 13.4. The zero-order valence-electron chi connectivity index (χ0n) is 20.1. The number of aliphatic hydroxyl groups excluding tert-OH is 1. The molecule has 1 amide bonds. The van der Waals surface area contributed by atoms with Crippen molar-refractivity contribution in [3.8, 4) is 11.5 Å². The van der Waals surface area contributed by atoms with Crippen molar-refractivity contribution in [1.29, 1.82) is 0 Å². The molecule has 1 fully saturated rings. The molecule has 1 heterocycles. The smallest absolute Gasteiger partial charge is 0.307 e. The first-order chi connectivity index (χ1) is 17.8. The number of ketones is 1. The number of aliphatic hydroxyl groups is 1. The van der Waals surface area contributed by atoms with Crippen molar-refractivity contribution < 1.29 is 34.1 Å². The Morgan fingerprint density at radius 2 is 1.70 bits per heavy atom. The quantitative estimate of drug-likeness (QED) is 0.243. The molecule has 37 heavy (non-hydrogen) atoms. The van der Waals surface area contributed by atoms with Gasteiger partial charge >= 0.3 is 5.97 Å². The van der Waals surface area contributed by atoms with Crippen LogP contribution in [0.5, 0.6) is 11.5 Å². The predicted octanol–water partition coefficient (Wildman–Crippen LogP) is 5.00. The summed E-state index contributed by atoms with van der Waals surface area (Å²) in [5.74, 6) is -2.36. The molecule has 1 atom stereocenters. The summed E-state index contributed by atoms with van der Waals surface area (Å²) in [5, 5.41) is 20.8. The number of carboxylic acids is 1. The van der Waals surface area contributed by atoms with Crippen molar-refractivity contribution in [2.24, 2.45) is 0 Å². The number of para-hydroxylation sites is 1. The minimum atomic E-state index is -1.02. The number of anilines is 1.